The van der Waals surface area contributed by atoms with E-state index in [1.54, 1.807) is 6.07 Å². The molecule has 0 fully saturated rings. The van der Waals surface area contributed by atoms with Gasteiger partial charge in [0.2, 0.25) is 5.60 Å². The molecular formula is C13H14O4. The Labute approximate surface area is 99.2 Å². The lowest BCUT2D eigenvalue weighted by Crippen LogP contribution is -2.46. The van der Waals surface area contributed by atoms with Gasteiger partial charge < -0.3 is 9.84 Å². The second-order valence-electron chi connectivity index (χ2n) is 4.69. The quantitative estimate of drug-likeness (QED) is 0.808. The minimum Gasteiger partial charge on any atom is -0.478 e. The number of hydrogen-bond donors (Lipinski definition) is 1. The highest BCUT2D eigenvalue weighted by Gasteiger charge is 2.43. The van der Waals surface area contributed by atoms with E-state index in [1.807, 2.05) is 19.9 Å². The van der Waals surface area contributed by atoms with Gasteiger partial charge in [-0.2, -0.15) is 0 Å². The number of aryl methyl sites for hydroxylation is 2. The minimum absolute atomic E-state index is 0.126. The molecule has 1 aliphatic rings. The minimum atomic E-state index is -1.45. The summed E-state index contributed by atoms with van der Waals surface area (Å²) in [4.78, 5) is 23.1. The van der Waals surface area contributed by atoms with Crippen LogP contribution in [0.5, 0.6) is 5.75 Å². The largest absolute Gasteiger partial charge is 0.478 e. The van der Waals surface area contributed by atoms with Crippen molar-refractivity contribution < 1.29 is 19.4 Å². The zero-order chi connectivity index (χ0) is 12.8. The van der Waals surface area contributed by atoms with Crippen molar-refractivity contribution in [3.8, 4) is 5.75 Å². The Morgan fingerprint density at radius 3 is 2.65 bits per heavy atom. The topological polar surface area (TPSA) is 63.6 Å². The molecule has 1 atom stereocenters. The number of hydrogen-bond acceptors (Lipinski definition) is 3. The predicted molar refractivity (Wildman–Crippen MR) is 61.5 cm³/mol. The van der Waals surface area contributed by atoms with Gasteiger partial charge in [-0.1, -0.05) is 6.07 Å². The van der Waals surface area contributed by atoms with Crippen LogP contribution in [-0.2, 0) is 4.79 Å². The van der Waals surface area contributed by atoms with Crippen LogP contribution in [0.4, 0.5) is 0 Å². The van der Waals surface area contributed by atoms with Gasteiger partial charge in [0.1, 0.15) is 5.75 Å². The van der Waals surface area contributed by atoms with Crippen molar-refractivity contribution in [3.63, 3.8) is 0 Å². The van der Waals surface area contributed by atoms with Gasteiger partial charge in [-0.25, -0.2) is 4.79 Å². The van der Waals surface area contributed by atoms with Crippen molar-refractivity contribution in [2.24, 2.45) is 0 Å². The molecule has 1 aliphatic heterocycles. The summed E-state index contributed by atoms with van der Waals surface area (Å²) in [7, 11) is 0. The first-order valence-corrected chi connectivity index (χ1v) is 5.40. The number of ketones is 1. The number of fused-ring (bicyclic) bond motifs is 1. The molecule has 0 aromatic heterocycles. The van der Waals surface area contributed by atoms with E-state index in [2.05, 4.69) is 0 Å². The van der Waals surface area contributed by atoms with E-state index < -0.39 is 11.6 Å². The van der Waals surface area contributed by atoms with Crippen molar-refractivity contribution in [2.45, 2.75) is 32.8 Å². The number of ether oxygens (including phenoxy) is 1. The smallest absolute Gasteiger partial charge is 0.348 e. The molecule has 17 heavy (non-hydrogen) atoms. The zero-order valence-electron chi connectivity index (χ0n) is 10.0. The van der Waals surface area contributed by atoms with Crippen LogP contribution in [0.3, 0.4) is 0 Å². The lowest BCUT2D eigenvalue weighted by molar-refractivity contribution is -0.154. The van der Waals surface area contributed by atoms with Crippen LogP contribution < -0.4 is 4.74 Å². The Balaban J connectivity index is 2.57. The Morgan fingerprint density at radius 2 is 2.06 bits per heavy atom. The second kappa shape index (κ2) is 3.58. The molecule has 4 heteroatoms. The summed E-state index contributed by atoms with van der Waals surface area (Å²) < 4.78 is 5.49. The molecule has 0 aliphatic carbocycles. The zero-order valence-corrected chi connectivity index (χ0v) is 10.0. The maximum absolute atomic E-state index is 12.0. The average Bonchev–Trinajstić information content (AvgIpc) is 2.14. The Kier molecular flexibility index (Phi) is 2.45. The molecule has 0 bridgehead atoms. The maximum atomic E-state index is 12.0. The number of rotatable bonds is 1. The molecule has 0 radical (unpaired) electrons. The van der Waals surface area contributed by atoms with E-state index in [-0.39, 0.29) is 12.2 Å². The van der Waals surface area contributed by atoms with Crippen LogP contribution in [-0.4, -0.2) is 22.5 Å². The van der Waals surface area contributed by atoms with Gasteiger partial charge in [0, 0.05) is 0 Å². The maximum Gasteiger partial charge on any atom is 0.348 e. The number of carbonyl (C=O) groups excluding carboxylic acids is 1. The van der Waals surface area contributed by atoms with Crippen molar-refractivity contribution in [3.05, 3.63) is 28.8 Å². The first kappa shape index (κ1) is 11.6. The van der Waals surface area contributed by atoms with E-state index in [1.165, 1.54) is 6.92 Å². The number of benzene rings is 1. The van der Waals surface area contributed by atoms with Crippen LogP contribution >= 0.6 is 0 Å². The molecule has 1 N–H and O–H groups in total. The summed E-state index contributed by atoms with van der Waals surface area (Å²) in [6, 6.07) is 3.60. The monoisotopic (exact) mass is 234 g/mol. The third-order valence-corrected chi connectivity index (χ3v) is 3.01. The highest BCUT2D eigenvalue weighted by atomic mass is 16.5. The molecular weight excluding hydrogens is 220 g/mol. The molecule has 0 spiro atoms. The van der Waals surface area contributed by atoms with Crippen molar-refractivity contribution in [1.29, 1.82) is 0 Å². The average molecular weight is 234 g/mol. The summed E-state index contributed by atoms with van der Waals surface area (Å²) >= 11 is 0. The number of Topliss-reactive ketones (excluding diaryl/α,β-unsaturated/α-hetero) is 1. The van der Waals surface area contributed by atoms with Crippen LogP contribution in [0.25, 0.3) is 0 Å². The fourth-order valence-electron chi connectivity index (χ4n) is 2.16. The summed E-state index contributed by atoms with van der Waals surface area (Å²) in [6.45, 7) is 5.14. The molecule has 90 valence electrons. The van der Waals surface area contributed by atoms with Gasteiger partial charge in [0.05, 0.1) is 12.0 Å². The lowest BCUT2D eigenvalue weighted by Gasteiger charge is -2.32. The molecule has 1 aromatic rings. The van der Waals surface area contributed by atoms with E-state index >= 15 is 0 Å². The van der Waals surface area contributed by atoms with Gasteiger partial charge in [0.15, 0.2) is 5.78 Å². The molecule has 4 nitrogen and oxygen atoms in total. The van der Waals surface area contributed by atoms with Crippen LogP contribution in [0.15, 0.2) is 12.1 Å². The molecule has 1 aromatic carbocycles. The normalized spacial score (nSPS) is 22.9. The summed E-state index contributed by atoms with van der Waals surface area (Å²) in [5.74, 6) is -0.909. The molecule has 2 rings (SSSR count). The van der Waals surface area contributed by atoms with E-state index in [9.17, 15) is 9.59 Å². The van der Waals surface area contributed by atoms with Gasteiger partial charge in [-0.15, -0.1) is 0 Å². The highest BCUT2D eigenvalue weighted by molar-refractivity contribution is 6.04. The predicted octanol–water partition coefficient (Wildman–Crippen LogP) is 2.11. The number of carboxylic acid groups (broad SMARTS) is 1. The van der Waals surface area contributed by atoms with Crippen LogP contribution in [0, 0.1) is 13.8 Å². The summed E-state index contributed by atoms with van der Waals surface area (Å²) in [5, 5.41) is 9.10. The molecule has 1 heterocycles. The van der Waals surface area contributed by atoms with Crippen molar-refractivity contribution in [1.82, 2.24) is 0 Å². The van der Waals surface area contributed by atoms with Crippen LogP contribution in [0.2, 0.25) is 0 Å². The molecule has 1 unspecified atom stereocenters. The van der Waals surface area contributed by atoms with Gasteiger partial charge in [-0.3, -0.25) is 4.79 Å². The lowest BCUT2D eigenvalue weighted by atomic mass is 9.89. The number of carboxylic acids is 1. The number of carbonyl (C=O) groups is 2. The third-order valence-electron chi connectivity index (χ3n) is 3.01. The summed E-state index contributed by atoms with van der Waals surface area (Å²) in [6.07, 6.45) is -0.126. The van der Waals surface area contributed by atoms with E-state index in [0.29, 0.717) is 11.3 Å². The third kappa shape index (κ3) is 1.79. The first-order valence-electron chi connectivity index (χ1n) is 5.40. The molecule has 0 saturated heterocycles. The summed E-state index contributed by atoms with van der Waals surface area (Å²) in [5.41, 5.74) is 0.833. The standard InChI is InChI=1S/C13H14O4/c1-7-4-8(2)11-9(14)6-13(3,12(15)16)17-10(11)5-7/h4-5H,6H2,1-3H3,(H,15,16). The highest BCUT2D eigenvalue weighted by Crippen LogP contribution is 2.36. The van der Waals surface area contributed by atoms with Gasteiger partial charge in [-0.05, 0) is 38.0 Å². The number of aliphatic carboxylic acids is 1. The van der Waals surface area contributed by atoms with Gasteiger partial charge >= 0.3 is 5.97 Å². The van der Waals surface area contributed by atoms with Crippen LogP contribution in [0.1, 0.15) is 34.8 Å². The fraction of sp³-hybridized carbons (Fsp3) is 0.385. The second-order valence-corrected chi connectivity index (χ2v) is 4.69. The SMILES string of the molecule is Cc1cc(C)c2c(c1)OC(C)(C(=O)O)CC2=O. The molecule has 0 saturated carbocycles. The Hall–Kier alpha value is -1.84. The van der Waals surface area contributed by atoms with Crippen molar-refractivity contribution >= 4 is 11.8 Å². The Bertz CT molecular complexity index is 518. The van der Waals surface area contributed by atoms with E-state index in [0.717, 1.165) is 11.1 Å². The van der Waals surface area contributed by atoms with Crippen molar-refractivity contribution in [2.75, 3.05) is 0 Å². The Morgan fingerprint density at radius 1 is 1.41 bits per heavy atom. The van der Waals surface area contributed by atoms with Gasteiger partial charge in [0.25, 0.3) is 0 Å². The van der Waals surface area contributed by atoms with E-state index in [4.69, 9.17) is 9.84 Å². The molecule has 0 amide bonds. The fourth-order valence-corrected chi connectivity index (χ4v) is 2.16. The first-order chi connectivity index (χ1) is 7.83.